The maximum Gasteiger partial charge on any atom is 0.316 e. The molecular formula is C17H21N5O3. The number of hydrogen-bond donors (Lipinski definition) is 0. The standard InChI is InChI=1S/C17H21N5O3/c1-12-3-5-18-16(20-12)25-14-4-6-24-17(7-14)10-22(11-17)15(23)13-8-19-21(2)9-13/h3,5,8-9,14H,4,6-7,10-11H2,1-2H3. The van der Waals surface area contributed by atoms with Gasteiger partial charge in [0.15, 0.2) is 0 Å². The summed E-state index contributed by atoms with van der Waals surface area (Å²) in [7, 11) is 1.80. The first-order chi connectivity index (χ1) is 12.0. The van der Waals surface area contributed by atoms with Crippen LogP contribution in [0.15, 0.2) is 24.7 Å². The van der Waals surface area contributed by atoms with E-state index in [9.17, 15) is 4.79 Å². The highest BCUT2D eigenvalue weighted by Crippen LogP contribution is 2.36. The maximum absolute atomic E-state index is 12.4. The number of likely N-dealkylation sites (tertiary alicyclic amines) is 1. The molecular weight excluding hydrogens is 322 g/mol. The van der Waals surface area contributed by atoms with Gasteiger partial charge in [0.05, 0.1) is 31.5 Å². The van der Waals surface area contributed by atoms with E-state index in [1.165, 1.54) is 0 Å². The number of aryl methyl sites for hydroxylation is 2. The predicted molar refractivity (Wildman–Crippen MR) is 88.2 cm³/mol. The lowest BCUT2D eigenvalue weighted by Crippen LogP contribution is -2.67. The lowest BCUT2D eigenvalue weighted by Gasteiger charge is -2.52. The van der Waals surface area contributed by atoms with Crippen LogP contribution in [0.2, 0.25) is 0 Å². The Kier molecular flexibility index (Phi) is 3.91. The van der Waals surface area contributed by atoms with E-state index in [2.05, 4.69) is 15.1 Å². The molecule has 0 bridgehead atoms. The molecule has 4 rings (SSSR count). The molecule has 132 valence electrons. The van der Waals surface area contributed by atoms with Crippen molar-refractivity contribution in [2.75, 3.05) is 19.7 Å². The third-order valence-electron chi connectivity index (χ3n) is 4.69. The van der Waals surface area contributed by atoms with E-state index in [1.54, 1.807) is 35.2 Å². The first-order valence-corrected chi connectivity index (χ1v) is 8.41. The molecule has 8 heteroatoms. The predicted octanol–water partition coefficient (Wildman–Crippen LogP) is 0.971. The minimum atomic E-state index is -0.315. The number of nitrogens with zero attached hydrogens (tertiary/aromatic N) is 5. The van der Waals surface area contributed by atoms with E-state index in [-0.39, 0.29) is 17.6 Å². The zero-order valence-electron chi connectivity index (χ0n) is 14.4. The van der Waals surface area contributed by atoms with Gasteiger partial charge in [-0.15, -0.1) is 0 Å². The molecule has 0 aliphatic carbocycles. The zero-order valence-corrected chi connectivity index (χ0v) is 14.4. The quantitative estimate of drug-likeness (QED) is 0.826. The lowest BCUT2D eigenvalue weighted by atomic mass is 9.84. The summed E-state index contributed by atoms with van der Waals surface area (Å²) < 4.78 is 13.5. The topological polar surface area (TPSA) is 82.4 Å². The molecule has 2 aliphatic rings. The highest BCUT2D eigenvalue weighted by atomic mass is 16.5. The smallest absolute Gasteiger partial charge is 0.316 e. The Labute approximate surface area is 145 Å². The summed E-state index contributed by atoms with van der Waals surface area (Å²) in [5.74, 6) is -0.00705. The number of carbonyl (C=O) groups is 1. The van der Waals surface area contributed by atoms with Crippen LogP contribution in [0, 0.1) is 6.92 Å². The summed E-state index contributed by atoms with van der Waals surface area (Å²) in [4.78, 5) is 22.7. The highest BCUT2D eigenvalue weighted by Gasteiger charge is 2.50. The average molecular weight is 343 g/mol. The third kappa shape index (κ3) is 3.21. The van der Waals surface area contributed by atoms with E-state index < -0.39 is 0 Å². The fourth-order valence-electron chi connectivity index (χ4n) is 3.44. The first kappa shape index (κ1) is 16.0. The molecule has 0 saturated carbocycles. The third-order valence-corrected chi connectivity index (χ3v) is 4.69. The summed E-state index contributed by atoms with van der Waals surface area (Å²) in [5, 5.41) is 4.05. The number of aromatic nitrogens is 4. The Morgan fingerprint density at radius 3 is 3.00 bits per heavy atom. The fourth-order valence-corrected chi connectivity index (χ4v) is 3.44. The average Bonchev–Trinajstić information content (AvgIpc) is 2.99. The van der Waals surface area contributed by atoms with Gasteiger partial charge in [-0.2, -0.15) is 5.10 Å². The van der Waals surface area contributed by atoms with Gasteiger partial charge in [-0.1, -0.05) is 0 Å². The molecule has 2 aliphatic heterocycles. The number of carbonyl (C=O) groups excluding carboxylic acids is 1. The van der Waals surface area contributed by atoms with Crippen LogP contribution >= 0.6 is 0 Å². The van der Waals surface area contributed by atoms with Crippen molar-refractivity contribution < 1.29 is 14.3 Å². The van der Waals surface area contributed by atoms with Crippen molar-refractivity contribution in [3.8, 4) is 6.01 Å². The normalized spacial score (nSPS) is 21.8. The molecule has 1 spiro atoms. The van der Waals surface area contributed by atoms with Gasteiger partial charge >= 0.3 is 6.01 Å². The van der Waals surface area contributed by atoms with E-state index in [1.807, 2.05) is 13.0 Å². The van der Waals surface area contributed by atoms with Crippen LogP contribution in [-0.4, -0.2) is 62.0 Å². The molecule has 25 heavy (non-hydrogen) atoms. The van der Waals surface area contributed by atoms with Crippen LogP contribution < -0.4 is 4.74 Å². The summed E-state index contributed by atoms with van der Waals surface area (Å²) in [6, 6.07) is 2.25. The second-order valence-electron chi connectivity index (χ2n) is 6.81. The number of rotatable bonds is 3. The van der Waals surface area contributed by atoms with Crippen LogP contribution in [0.3, 0.4) is 0 Å². The summed E-state index contributed by atoms with van der Waals surface area (Å²) in [6.07, 6.45) is 6.57. The molecule has 0 radical (unpaired) electrons. The van der Waals surface area contributed by atoms with Gasteiger partial charge in [-0.25, -0.2) is 9.97 Å². The van der Waals surface area contributed by atoms with E-state index >= 15 is 0 Å². The van der Waals surface area contributed by atoms with Crippen molar-refractivity contribution in [1.82, 2.24) is 24.6 Å². The molecule has 8 nitrogen and oxygen atoms in total. The highest BCUT2D eigenvalue weighted by molar-refractivity contribution is 5.94. The lowest BCUT2D eigenvalue weighted by molar-refractivity contribution is -0.174. The van der Waals surface area contributed by atoms with Gasteiger partial charge in [-0.05, 0) is 13.0 Å². The SMILES string of the molecule is Cc1ccnc(OC2CCOC3(C2)CN(C(=O)c2cnn(C)c2)C3)n1. The Balaban J connectivity index is 1.37. The van der Waals surface area contributed by atoms with Crippen molar-refractivity contribution in [3.05, 3.63) is 35.9 Å². The number of ether oxygens (including phenoxy) is 2. The zero-order chi connectivity index (χ0) is 17.4. The minimum Gasteiger partial charge on any atom is -0.460 e. The van der Waals surface area contributed by atoms with Gasteiger partial charge in [0.25, 0.3) is 5.91 Å². The van der Waals surface area contributed by atoms with E-state index in [0.717, 1.165) is 18.5 Å². The number of amides is 1. The largest absolute Gasteiger partial charge is 0.460 e. The van der Waals surface area contributed by atoms with Crippen LogP contribution in [0.4, 0.5) is 0 Å². The molecule has 2 aromatic rings. The maximum atomic E-state index is 12.4. The van der Waals surface area contributed by atoms with Gasteiger partial charge in [0, 0.05) is 38.0 Å². The molecule has 1 atom stereocenters. The monoisotopic (exact) mass is 343 g/mol. The molecule has 1 unspecified atom stereocenters. The van der Waals surface area contributed by atoms with E-state index in [4.69, 9.17) is 9.47 Å². The van der Waals surface area contributed by atoms with Gasteiger partial charge in [0.1, 0.15) is 11.7 Å². The van der Waals surface area contributed by atoms with E-state index in [0.29, 0.717) is 31.3 Å². The Morgan fingerprint density at radius 1 is 1.44 bits per heavy atom. The van der Waals surface area contributed by atoms with Crippen LogP contribution in [-0.2, 0) is 11.8 Å². The second kappa shape index (κ2) is 6.11. The first-order valence-electron chi connectivity index (χ1n) is 8.41. The van der Waals surface area contributed by atoms with Crippen molar-refractivity contribution in [1.29, 1.82) is 0 Å². The van der Waals surface area contributed by atoms with Crippen molar-refractivity contribution in [2.24, 2.45) is 7.05 Å². The summed E-state index contributed by atoms with van der Waals surface area (Å²) >= 11 is 0. The fraction of sp³-hybridized carbons (Fsp3) is 0.529. The summed E-state index contributed by atoms with van der Waals surface area (Å²) in [5.41, 5.74) is 1.17. The van der Waals surface area contributed by atoms with Crippen molar-refractivity contribution >= 4 is 5.91 Å². The van der Waals surface area contributed by atoms with Crippen molar-refractivity contribution in [3.63, 3.8) is 0 Å². The molecule has 2 fully saturated rings. The Bertz CT molecular complexity index is 784. The van der Waals surface area contributed by atoms with Crippen LogP contribution in [0.25, 0.3) is 0 Å². The molecule has 0 aromatic carbocycles. The molecule has 2 saturated heterocycles. The van der Waals surface area contributed by atoms with Crippen LogP contribution in [0.1, 0.15) is 28.9 Å². The van der Waals surface area contributed by atoms with Gasteiger partial charge in [-0.3, -0.25) is 9.48 Å². The summed E-state index contributed by atoms with van der Waals surface area (Å²) in [6.45, 7) is 3.68. The molecule has 1 amide bonds. The van der Waals surface area contributed by atoms with Crippen molar-refractivity contribution in [2.45, 2.75) is 31.5 Å². The van der Waals surface area contributed by atoms with Crippen LogP contribution in [0.5, 0.6) is 6.01 Å². The van der Waals surface area contributed by atoms with Gasteiger partial charge < -0.3 is 14.4 Å². The number of hydrogen-bond acceptors (Lipinski definition) is 6. The molecule has 0 N–H and O–H groups in total. The van der Waals surface area contributed by atoms with Gasteiger partial charge in [0.2, 0.25) is 0 Å². The molecule has 2 aromatic heterocycles. The Hall–Kier alpha value is -2.48. The minimum absolute atomic E-state index is 0.00574. The molecule has 4 heterocycles. The second-order valence-corrected chi connectivity index (χ2v) is 6.81. The Morgan fingerprint density at radius 2 is 2.28 bits per heavy atom.